The van der Waals surface area contributed by atoms with Gasteiger partial charge in [-0.2, -0.15) is 0 Å². The molecular weight excluding hydrogens is 276 g/mol. The average molecular weight is 291 g/mol. The quantitative estimate of drug-likeness (QED) is 0.438. The van der Waals surface area contributed by atoms with E-state index in [1.165, 1.54) is 6.92 Å². The Balaban J connectivity index is 2.65. The van der Waals surface area contributed by atoms with E-state index in [0.29, 0.717) is 5.19 Å². The second kappa shape index (κ2) is 6.86. The molecule has 0 radical (unpaired) electrons. The van der Waals surface area contributed by atoms with Crippen LogP contribution < -0.4 is 5.19 Å². The van der Waals surface area contributed by atoms with E-state index in [1.807, 2.05) is 0 Å². The van der Waals surface area contributed by atoms with Gasteiger partial charge in [0.15, 0.2) is 0 Å². The molecule has 0 saturated heterocycles. The van der Waals surface area contributed by atoms with E-state index in [-0.39, 0.29) is 12.5 Å². The van der Waals surface area contributed by atoms with Crippen LogP contribution in [0.3, 0.4) is 0 Å². The van der Waals surface area contributed by atoms with Crippen LogP contribution in [0.1, 0.15) is 6.92 Å². The SMILES string of the molecule is CC(=O)OCC(CCl)O[Si](O)(O)c1ccccc1. The van der Waals surface area contributed by atoms with Gasteiger partial charge in [-0.3, -0.25) is 4.79 Å². The van der Waals surface area contributed by atoms with E-state index in [2.05, 4.69) is 0 Å². The van der Waals surface area contributed by atoms with Crippen LogP contribution >= 0.6 is 11.6 Å². The van der Waals surface area contributed by atoms with E-state index in [4.69, 9.17) is 20.8 Å². The summed E-state index contributed by atoms with van der Waals surface area (Å²) in [4.78, 5) is 30.5. The smallest absolute Gasteiger partial charge is 0.463 e. The number of alkyl halides is 1. The molecule has 7 heteroatoms. The Labute approximate surface area is 111 Å². The van der Waals surface area contributed by atoms with Gasteiger partial charge in [0.25, 0.3) is 0 Å². The summed E-state index contributed by atoms with van der Waals surface area (Å²) in [6, 6.07) is 8.22. The fourth-order valence-corrected chi connectivity index (χ4v) is 2.91. The van der Waals surface area contributed by atoms with Crippen molar-refractivity contribution in [3.63, 3.8) is 0 Å². The highest BCUT2D eigenvalue weighted by Gasteiger charge is 2.38. The number of rotatable bonds is 6. The van der Waals surface area contributed by atoms with Gasteiger partial charge in [0, 0.05) is 12.1 Å². The molecule has 1 unspecified atom stereocenters. The van der Waals surface area contributed by atoms with Crippen LogP contribution in [0.4, 0.5) is 0 Å². The van der Waals surface area contributed by atoms with Gasteiger partial charge in [0.1, 0.15) is 6.61 Å². The largest absolute Gasteiger partial charge is 0.532 e. The Morgan fingerprint density at radius 1 is 1.39 bits per heavy atom. The molecule has 1 aromatic carbocycles. The zero-order chi connectivity index (χ0) is 13.6. The molecule has 0 aliphatic rings. The second-order valence-corrected chi connectivity index (χ2v) is 6.01. The van der Waals surface area contributed by atoms with Crippen molar-refractivity contribution >= 4 is 31.6 Å². The van der Waals surface area contributed by atoms with Crippen molar-refractivity contribution in [2.45, 2.75) is 13.0 Å². The Morgan fingerprint density at radius 3 is 2.50 bits per heavy atom. The molecule has 0 amide bonds. The van der Waals surface area contributed by atoms with Crippen LogP contribution in [0, 0.1) is 0 Å². The molecule has 0 aliphatic carbocycles. The van der Waals surface area contributed by atoms with Gasteiger partial charge < -0.3 is 18.8 Å². The van der Waals surface area contributed by atoms with Crippen LogP contribution in [0.2, 0.25) is 0 Å². The molecule has 0 heterocycles. The Morgan fingerprint density at radius 2 is 2.00 bits per heavy atom. The van der Waals surface area contributed by atoms with Gasteiger partial charge in [-0.1, -0.05) is 30.3 Å². The summed E-state index contributed by atoms with van der Waals surface area (Å²) in [6.07, 6.45) is -0.752. The summed E-state index contributed by atoms with van der Waals surface area (Å²) in [6.45, 7) is 1.15. The third-order valence-electron chi connectivity index (χ3n) is 2.13. The first-order valence-electron chi connectivity index (χ1n) is 5.33. The van der Waals surface area contributed by atoms with Crippen LogP contribution in [-0.4, -0.2) is 43.0 Å². The van der Waals surface area contributed by atoms with Crippen LogP contribution in [0.15, 0.2) is 30.3 Å². The zero-order valence-corrected chi connectivity index (χ0v) is 11.6. The molecule has 0 saturated carbocycles. The van der Waals surface area contributed by atoms with Gasteiger partial charge in [-0.05, 0) is 0 Å². The zero-order valence-electron chi connectivity index (χ0n) is 9.88. The highest BCUT2D eigenvalue weighted by Crippen LogP contribution is 2.06. The monoisotopic (exact) mass is 290 g/mol. The first kappa shape index (κ1) is 15.1. The molecule has 0 bridgehead atoms. The second-order valence-electron chi connectivity index (χ2n) is 3.67. The fraction of sp³-hybridized carbons (Fsp3) is 0.364. The van der Waals surface area contributed by atoms with Gasteiger partial charge in [0.2, 0.25) is 0 Å². The molecule has 0 spiro atoms. The lowest BCUT2D eigenvalue weighted by atomic mass is 10.4. The lowest BCUT2D eigenvalue weighted by Gasteiger charge is -2.23. The number of esters is 1. The molecule has 1 atom stereocenters. The van der Waals surface area contributed by atoms with Crippen LogP contribution in [0.5, 0.6) is 0 Å². The number of ether oxygens (including phenoxy) is 1. The van der Waals surface area contributed by atoms with Crippen molar-refractivity contribution in [1.82, 2.24) is 0 Å². The summed E-state index contributed by atoms with van der Waals surface area (Å²) in [7, 11) is -4.01. The lowest BCUT2D eigenvalue weighted by Crippen LogP contribution is -2.54. The molecule has 5 nitrogen and oxygen atoms in total. The average Bonchev–Trinajstić information content (AvgIpc) is 2.35. The van der Waals surface area contributed by atoms with Gasteiger partial charge in [-0.15, -0.1) is 11.6 Å². The third kappa shape index (κ3) is 4.75. The summed E-state index contributed by atoms with van der Waals surface area (Å²) in [5.41, 5.74) is 0. The highest BCUT2D eigenvalue weighted by molar-refractivity contribution is 6.72. The molecule has 0 aliphatic heterocycles. The maximum atomic E-state index is 10.7. The summed E-state index contributed by atoms with van der Waals surface area (Å²) in [5.74, 6) is -0.479. The number of benzene rings is 1. The molecule has 100 valence electrons. The van der Waals surface area contributed by atoms with Crippen molar-refractivity contribution in [3.8, 4) is 0 Å². The number of carbonyl (C=O) groups excluding carboxylic acids is 1. The van der Waals surface area contributed by atoms with E-state index in [9.17, 15) is 14.4 Å². The van der Waals surface area contributed by atoms with E-state index in [0.717, 1.165) is 0 Å². The molecule has 1 aromatic rings. The van der Waals surface area contributed by atoms with Crippen molar-refractivity contribution in [2.75, 3.05) is 12.5 Å². The maximum absolute atomic E-state index is 10.7. The number of hydrogen-bond acceptors (Lipinski definition) is 5. The maximum Gasteiger partial charge on any atom is 0.532 e. The Kier molecular flexibility index (Phi) is 5.77. The van der Waals surface area contributed by atoms with Crippen molar-refractivity contribution in [3.05, 3.63) is 30.3 Å². The summed E-state index contributed by atoms with van der Waals surface area (Å²) >= 11 is 5.63. The van der Waals surface area contributed by atoms with Crippen LogP contribution in [0.25, 0.3) is 0 Å². The predicted molar refractivity (Wildman–Crippen MR) is 68.5 cm³/mol. The highest BCUT2D eigenvalue weighted by atomic mass is 35.5. The fourth-order valence-electron chi connectivity index (χ4n) is 1.28. The minimum absolute atomic E-state index is 0.00398. The number of halogens is 1. The van der Waals surface area contributed by atoms with E-state index in [1.54, 1.807) is 30.3 Å². The molecular formula is C11H15ClO5Si. The van der Waals surface area contributed by atoms with E-state index < -0.39 is 20.9 Å². The molecule has 0 fully saturated rings. The lowest BCUT2D eigenvalue weighted by molar-refractivity contribution is -0.143. The normalized spacial score (nSPS) is 13.1. The Hall–Kier alpha value is -0.923. The minimum Gasteiger partial charge on any atom is -0.463 e. The van der Waals surface area contributed by atoms with Gasteiger partial charge in [0.05, 0.1) is 12.0 Å². The minimum atomic E-state index is -4.01. The first-order valence-corrected chi connectivity index (χ1v) is 7.67. The molecule has 0 aromatic heterocycles. The number of hydrogen-bond donors (Lipinski definition) is 2. The summed E-state index contributed by atoms with van der Waals surface area (Å²) in [5, 5.41) is 0.308. The topological polar surface area (TPSA) is 76.0 Å². The molecule has 2 N–H and O–H groups in total. The molecule has 1 rings (SSSR count). The van der Waals surface area contributed by atoms with Crippen molar-refractivity contribution in [1.29, 1.82) is 0 Å². The predicted octanol–water partition coefficient (Wildman–Crippen LogP) is 0.00420. The first-order chi connectivity index (χ1) is 8.45. The van der Waals surface area contributed by atoms with E-state index >= 15 is 0 Å². The van der Waals surface area contributed by atoms with Gasteiger partial charge >= 0.3 is 14.8 Å². The standard InChI is InChI=1S/C11H15ClO5Si/c1-9(13)16-8-10(7-12)17-18(14,15)11-5-3-2-4-6-11/h2-6,10,14-15H,7-8H2,1H3. The van der Waals surface area contributed by atoms with Crippen LogP contribution in [-0.2, 0) is 14.0 Å². The van der Waals surface area contributed by atoms with Crippen molar-refractivity contribution in [2.24, 2.45) is 0 Å². The summed E-state index contributed by atoms with van der Waals surface area (Å²) < 4.78 is 9.89. The van der Waals surface area contributed by atoms with Gasteiger partial charge in [-0.25, -0.2) is 0 Å². The number of carbonyl (C=O) groups is 1. The Bertz CT molecular complexity index is 384. The molecule has 18 heavy (non-hydrogen) atoms. The third-order valence-corrected chi connectivity index (χ3v) is 4.22. The van der Waals surface area contributed by atoms with Crippen molar-refractivity contribution < 1.29 is 23.5 Å².